The molecular weight excluding hydrogens is 506 g/mol. The monoisotopic (exact) mass is 521 g/mol. The molecule has 0 aromatic heterocycles. The van der Waals surface area contributed by atoms with Crippen molar-refractivity contribution in [2.45, 2.75) is 39.3 Å². The first-order valence-corrected chi connectivity index (χ1v) is 6.97. The molecule has 0 aromatic rings. The number of carbonyl (C=O) groups excluding carboxylic acids is 3. The van der Waals surface area contributed by atoms with Gasteiger partial charge >= 0.3 is 18.5 Å². The van der Waals surface area contributed by atoms with Gasteiger partial charge in [-0.15, -0.1) is 0 Å². The number of aliphatic hydroxyl groups is 3. The van der Waals surface area contributed by atoms with Crippen LogP contribution in [-0.4, -0.2) is 51.2 Å². The van der Waals surface area contributed by atoms with Gasteiger partial charge in [-0.05, 0) is 20.8 Å². The molecule has 0 saturated heterocycles. The minimum absolute atomic E-state index is 0. The summed E-state index contributed by atoms with van der Waals surface area (Å²) in [5.41, 5.74) is 0. The predicted octanol–water partition coefficient (Wildman–Crippen LogP) is 4.74. The number of aliphatic hydroxyl groups excluding tert-OH is 3. The second-order valence-corrected chi connectivity index (χ2v) is 4.91. The molecule has 0 atom stereocenters. The fourth-order valence-corrected chi connectivity index (χ4v) is 0.823. The zero-order valence-corrected chi connectivity index (χ0v) is 16.6. The van der Waals surface area contributed by atoms with E-state index in [1.807, 2.05) is 0 Å². The number of hydrogen-bond donors (Lipinski definition) is 3. The fourth-order valence-electron chi connectivity index (χ4n) is 0.823. The minimum atomic E-state index is -4.81. The van der Waals surface area contributed by atoms with Crippen molar-refractivity contribution in [1.29, 1.82) is 0 Å². The van der Waals surface area contributed by atoms with Crippen LogP contribution in [0.5, 0.6) is 0 Å². The normalized spacial score (nSPS) is 13.0. The van der Waals surface area contributed by atoms with Crippen LogP contribution in [0.1, 0.15) is 20.8 Å². The third-order valence-corrected chi connectivity index (χ3v) is 1.89. The predicted molar refractivity (Wildman–Crippen MR) is 82.3 cm³/mol. The Morgan fingerprint density at radius 1 is 0.516 bits per heavy atom. The summed E-state index contributed by atoms with van der Waals surface area (Å²) in [5.74, 6) is -8.10. The van der Waals surface area contributed by atoms with E-state index < -0.39 is 53.2 Å². The van der Waals surface area contributed by atoms with Gasteiger partial charge in [-0.1, -0.05) is 0 Å². The van der Waals surface area contributed by atoms with E-state index >= 15 is 0 Å². The van der Waals surface area contributed by atoms with Crippen LogP contribution in [-0.2, 0) is 31.2 Å². The van der Waals surface area contributed by atoms with E-state index in [2.05, 4.69) is 0 Å². The van der Waals surface area contributed by atoms with E-state index in [9.17, 15) is 53.9 Å². The maximum atomic E-state index is 11.3. The molecule has 16 heteroatoms. The second kappa shape index (κ2) is 14.5. The SMILES string of the molecule is CC(=O)/C=C(\O)C(F)(F)F.CC(=O)/C=C(\O)C(F)(F)F.CC(=O)/C=C(\O)C(F)(F)F.[Co]. The molecule has 183 valence electrons. The number of rotatable bonds is 3. The van der Waals surface area contributed by atoms with E-state index in [1.165, 1.54) is 0 Å². The van der Waals surface area contributed by atoms with E-state index in [0.29, 0.717) is 0 Å². The number of carbonyl (C=O) groups is 3. The minimum Gasteiger partial charge on any atom is -0.504 e. The summed E-state index contributed by atoms with van der Waals surface area (Å²) in [6, 6.07) is 0. The van der Waals surface area contributed by atoms with Crippen molar-refractivity contribution in [2.24, 2.45) is 0 Å². The summed E-state index contributed by atoms with van der Waals surface area (Å²) in [6.07, 6.45) is -14.1. The second-order valence-electron chi connectivity index (χ2n) is 4.91. The van der Waals surface area contributed by atoms with Crippen molar-refractivity contribution in [1.82, 2.24) is 0 Å². The average molecular weight is 521 g/mol. The van der Waals surface area contributed by atoms with Gasteiger partial charge in [0, 0.05) is 35.0 Å². The first-order chi connectivity index (χ1) is 13.0. The molecule has 0 amide bonds. The maximum Gasteiger partial charge on any atom is 0.448 e. The van der Waals surface area contributed by atoms with Gasteiger partial charge in [0.05, 0.1) is 0 Å². The molecule has 0 aliphatic heterocycles. The van der Waals surface area contributed by atoms with E-state index in [0.717, 1.165) is 20.8 Å². The maximum absolute atomic E-state index is 11.3. The van der Waals surface area contributed by atoms with Crippen LogP contribution < -0.4 is 0 Å². The van der Waals surface area contributed by atoms with Gasteiger partial charge in [-0.2, -0.15) is 39.5 Å². The molecule has 6 nitrogen and oxygen atoms in total. The number of ketones is 3. The van der Waals surface area contributed by atoms with E-state index in [-0.39, 0.29) is 35.0 Å². The van der Waals surface area contributed by atoms with Crippen LogP contribution in [0.4, 0.5) is 39.5 Å². The summed E-state index contributed by atoms with van der Waals surface area (Å²) < 4.78 is 102. The Morgan fingerprint density at radius 2 is 0.645 bits per heavy atom. The fraction of sp³-hybridized carbons (Fsp3) is 0.400. The van der Waals surface area contributed by atoms with Crippen molar-refractivity contribution in [3.63, 3.8) is 0 Å². The Balaban J connectivity index is -0.000000174. The van der Waals surface area contributed by atoms with Crippen LogP contribution in [0.25, 0.3) is 0 Å². The summed E-state index contributed by atoms with van der Waals surface area (Å²) >= 11 is 0. The zero-order valence-electron chi connectivity index (χ0n) is 15.5. The molecule has 0 spiro atoms. The van der Waals surface area contributed by atoms with Gasteiger partial charge in [0.25, 0.3) is 0 Å². The Morgan fingerprint density at radius 3 is 0.677 bits per heavy atom. The first-order valence-electron chi connectivity index (χ1n) is 6.97. The molecule has 31 heavy (non-hydrogen) atoms. The van der Waals surface area contributed by atoms with Gasteiger partial charge in [0.2, 0.25) is 17.3 Å². The number of alkyl halides is 9. The van der Waals surface area contributed by atoms with Crippen LogP contribution in [0, 0.1) is 0 Å². The van der Waals surface area contributed by atoms with Crippen molar-refractivity contribution in [3.8, 4) is 0 Å². The first kappa shape index (κ1) is 35.9. The summed E-state index contributed by atoms with van der Waals surface area (Å²) in [6.45, 7) is 2.76. The third-order valence-electron chi connectivity index (χ3n) is 1.89. The molecule has 0 aliphatic carbocycles. The molecule has 3 N–H and O–H groups in total. The molecule has 0 fully saturated rings. The molecule has 0 unspecified atom stereocenters. The Bertz CT molecular complexity index is 606. The van der Waals surface area contributed by atoms with Crippen LogP contribution in [0.15, 0.2) is 35.5 Å². The summed E-state index contributed by atoms with van der Waals surface area (Å²) in [7, 11) is 0. The van der Waals surface area contributed by atoms with Crippen molar-refractivity contribution >= 4 is 17.3 Å². The van der Waals surface area contributed by atoms with E-state index in [4.69, 9.17) is 15.3 Å². The molecule has 1 radical (unpaired) electrons. The van der Waals surface area contributed by atoms with E-state index in [1.54, 1.807) is 0 Å². The third kappa shape index (κ3) is 23.7. The quantitative estimate of drug-likeness (QED) is 0.281. The summed E-state index contributed by atoms with van der Waals surface area (Å²) in [5, 5.41) is 24.2. The van der Waals surface area contributed by atoms with Gasteiger partial charge in [0.1, 0.15) is 0 Å². The number of hydrogen-bond acceptors (Lipinski definition) is 6. The number of halogens is 9. The Kier molecular flexibility index (Phi) is 16.8. The van der Waals surface area contributed by atoms with Crippen LogP contribution >= 0.6 is 0 Å². The molecule has 0 aromatic carbocycles. The van der Waals surface area contributed by atoms with Crippen molar-refractivity contribution in [3.05, 3.63) is 35.5 Å². The molecule has 0 saturated carbocycles. The Labute approximate surface area is 178 Å². The largest absolute Gasteiger partial charge is 0.504 e. The Hall–Kier alpha value is -2.49. The number of allylic oxidation sites excluding steroid dienone is 6. The van der Waals surface area contributed by atoms with Crippen molar-refractivity contribution in [2.75, 3.05) is 0 Å². The van der Waals surface area contributed by atoms with Crippen LogP contribution in [0.3, 0.4) is 0 Å². The molecule has 0 bridgehead atoms. The van der Waals surface area contributed by atoms with Gasteiger partial charge in [-0.3, -0.25) is 14.4 Å². The van der Waals surface area contributed by atoms with Gasteiger partial charge < -0.3 is 15.3 Å². The standard InChI is InChI=1S/3C5H5F3O2.Co/c3*1-3(9)2-4(10)5(6,7)8;/h3*2,10H,1H3;/b3*4-2-;. The molecular formula is C15H15CoF9O6. The summed E-state index contributed by atoms with van der Waals surface area (Å²) in [4.78, 5) is 29.9. The van der Waals surface area contributed by atoms with Gasteiger partial charge in [-0.25, -0.2) is 0 Å². The van der Waals surface area contributed by atoms with Crippen molar-refractivity contribution < 1.29 is 86.0 Å². The molecule has 0 heterocycles. The zero-order chi connectivity index (χ0) is 25.1. The molecule has 0 rings (SSSR count). The van der Waals surface area contributed by atoms with Gasteiger partial charge in [0.15, 0.2) is 17.3 Å². The molecule has 0 aliphatic rings. The van der Waals surface area contributed by atoms with Crippen LogP contribution in [0.2, 0.25) is 0 Å². The topological polar surface area (TPSA) is 112 Å². The smallest absolute Gasteiger partial charge is 0.448 e. The average Bonchev–Trinajstić information content (AvgIpc) is 2.43.